The maximum absolute atomic E-state index is 4.26. The van der Waals surface area contributed by atoms with Gasteiger partial charge in [0, 0.05) is 29.8 Å². The van der Waals surface area contributed by atoms with Crippen molar-refractivity contribution in [1.82, 2.24) is 9.97 Å². The molecule has 1 aromatic carbocycles. The van der Waals surface area contributed by atoms with E-state index in [9.17, 15) is 0 Å². The number of nitrogens with zero attached hydrogens (tertiary/aromatic N) is 1. The quantitative estimate of drug-likeness (QED) is 0.744. The summed E-state index contributed by atoms with van der Waals surface area (Å²) in [6.45, 7) is 3.01. The minimum Gasteiger partial charge on any atom is -0.370 e. The van der Waals surface area contributed by atoms with Crippen LogP contribution in [-0.2, 0) is 6.42 Å². The van der Waals surface area contributed by atoms with Crippen LogP contribution in [0.25, 0.3) is 10.9 Å². The van der Waals surface area contributed by atoms with Gasteiger partial charge in [0.25, 0.3) is 0 Å². The molecule has 2 aromatic heterocycles. The van der Waals surface area contributed by atoms with Crippen LogP contribution in [0.3, 0.4) is 0 Å². The number of nitrogens with one attached hydrogen (secondary N) is 2. The summed E-state index contributed by atoms with van der Waals surface area (Å²) in [7, 11) is 0. The molecular formula is C16H17N3. The molecular weight excluding hydrogens is 234 g/mol. The number of hydrogen-bond donors (Lipinski definition) is 2. The number of fused-ring (bicyclic) bond motifs is 1. The summed E-state index contributed by atoms with van der Waals surface area (Å²) >= 11 is 0. The highest BCUT2D eigenvalue weighted by molar-refractivity contribution is 5.83. The van der Waals surface area contributed by atoms with Gasteiger partial charge in [-0.15, -0.1) is 0 Å². The number of rotatable bonds is 4. The SMILES string of the molecule is Cc1ccc2[nH]cc(CCNc3ccccn3)c2c1. The van der Waals surface area contributed by atoms with Gasteiger partial charge < -0.3 is 10.3 Å². The Morgan fingerprint density at radius 3 is 3.00 bits per heavy atom. The lowest BCUT2D eigenvalue weighted by atomic mass is 10.1. The molecule has 0 radical (unpaired) electrons. The largest absolute Gasteiger partial charge is 0.370 e. The molecule has 0 saturated carbocycles. The maximum Gasteiger partial charge on any atom is 0.125 e. The Kier molecular flexibility index (Phi) is 3.19. The minimum absolute atomic E-state index is 0.887. The van der Waals surface area contributed by atoms with E-state index in [0.29, 0.717) is 0 Å². The maximum atomic E-state index is 4.26. The van der Waals surface area contributed by atoms with Gasteiger partial charge in [-0.05, 0) is 43.2 Å². The summed E-state index contributed by atoms with van der Waals surface area (Å²) in [6, 6.07) is 12.4. The highest BCUT2D eigenvalue weighted by Gasteiger charge is 2.03. The summed E-state index contributed by atoms with van der Waals surface area (Å²) in [4.78, 5) is 7.58. The fourth-order valence-corrected chi connectivity index (χ4v) is 2.29. The van der Waals surface area contributed by atoms with E-state index in [1.165, 1.54) is 22.0 Å². The predicted octanol–water partition coefficient (Wildman–Crippen LogP) is 3.53. The van der Waals surface area contributed by atoms with Gasteiger partial charge in [0.1, 0.15) is 5.82 Å². The van der Waals surface area contributed by atoms with Crippen LogP contribution in [0.1, 0.15) is 11.1 Å². The van der Waals surface area contributed by atoms with Crippen molar-refractivity contribution in [3.8, 4) is 0 Å². The van der Waals surface area contributed by atoms with Crippen molar-refractivity contribution in [3.63, 3.8) is 0 Å². The fourth-order valence-electron chi connectivity index (χ4n) is 2.29. The predicted molar refractivity (Wildman–Crippen MR) is 79.5 cm³/mol. The summed E-state index contributed by atoms with van der Waals surface area (Å²) in [5, 5.41) is 4.66. The van der Waals surface area contributed by atoms with E-state index in [2.05, 4.69) is 46.6 Å². The molecule has 0 amide bonds. The number of H-pyrrole nitrogens is 1. The minimum atomic E-state index is 0.887. The van der Waals surface area contributed by atoms with Crippen LogP contribution in [0.15, 0.2) is 48.8 Å². The van der Waals surface area contributed by atoms with Gasteiger partial charge in [-0.3, -0.25) is 0 Å². The third kappa shape index (κ3) is 2.60. The van der Waals surface area contributed by atoms with Crippen molar-refractivity contribution >= 4 is 16.7 Å². The molecule has 19 heavy (non-hydrogen) atoms. The molecule has 0 aliphatic carbocycles. The Morgan fingerprint density at radius 1 is 1.21 bits per heavy atom. The van der Waals surface area contributed by atoms with Gasteiger partial charge in [0.2, 0.25) is 0 Å². The number of aromatic amines is 1. The second-order valence-electron chi connectivity index (χ2n) is 4.75. The van der Waals surface area contributed by atoms with Gasteiger partial charge in [-0.1, -0.05) is 17.7 Å². The van der Waals surface area contributed by atoms with Crippen molar-refractivity contribution in [1.29, 1.82) is 0 Å². The summed E-state index contributed by atoms with van der Waals surface area (Å²) in [5.41, 5.74) is 3.85. The second kappa shape index (κ2) is 5.14. The van der Waals surface area contributed by atoms with Crippen molar-refractivity contribution in [2.75, 3.05) is 11.9 Å². The van der Waals surface area contributed by atoms with E-state index in [0.717, 1.165) is 18.8 Å². The average molecular weight is 251 g/mol. The van der Waals surface area contributed by atoms with E-state index in [4.69, 9.17) is 0 Å². The first-order valence-electron chi connectivity index (χ1n) is 6.54. The van der Waals surface area contributed by atoms with Crippen molar-refractivity contribution in [2.45, 2.75) is 13.3 Å². The van der Waals surface area contributed by atoms with Crippen LogP contribution < -0.4 is 5.32 Å². The molecule has 3 heteroatoms. The number of pyridine rings is 1. The lowest BCUT2D eigenvalue weighted by molar-refractivity contribution is 1.01. The Morgan fingerprint density at radius 2 is 2.16 bits per heavy atom. The molecule has 0 atom stereocenters. The Labute approximate surface area is 112 Å². The zero-order chi connectivity index (χ0) is 13.1. The van der Waals surface area contributed by atoms with Gasteiger partial charge in [-0.25, -0.2) is 4.98 Å². The van der Waals surface area contributed by atoms with Crippen LogP contribution in [-0.4, -0.2) is 16.5 Å². The Hall–Kier alpha value is -2.29. The molecule has 0 spiro atoms. The number of hydrogen-bond acceptors (Lipinski definition) is 2. The van der Waals surface area contributed by atoms with E-state index in [1.54, 1.807) is 6.20 Å². The van der Waals surface area contributed by atoms with Crippen LogP contribution >= 0.6 is 0 Å². The molecule has 2 heterocycles. The van der Waals surface area contributed by atoms with Crippen LogP contribution in [0.4, 0.5) is 5.82 Å². The molecule has 3 nitrogen and oxygen atoms in total. The van der Waals surface area contributed by atoms with Gasteiger partial charge in [-0.2, -0.15) is 0 Å². The smallest absolute Gasteiger partial charge is 0.125 e. The number of aryl methyl sites for hydroxylation is 1. The van der Waals surface area contributed by atoms with E-state index < -0.39 is 0 Å². The Bertz CT molecular complexity index is 671. The summed E-state index contributed by atoms with van der Waals surface area (Å²) in [6.07, 6.45) is 4.89. The molecule has 0 saturated heterocycles. The third-order valence-electron chi connectivity index (χ3n) is 3.29. The number of benzene rings is 1. The van der Waals surface area contributed by atoms with Gasteiger partial charge in [0.05, 0.1) is 0 Å². The van der Waals surface area contributed by atoms with Gasteiger partial charge in [0.15, 0.2) is 0 Å². The molecule has 96 valence electrons. The van der Waals surface area contributed by atoms with Crippen LogP contribution in [0, 0.1) is 6.92 Å². The van der Waals surface area contributed by atoms with Crippen molar-refractivity contribution in [3.05, 3.63) is 59.9 Å². The van der Waals surface area contributed by atoms with Crippen LogP contribution in [0.5, 0.6) is 0 Å². The molecule has 0 aliphatic rings. The average Bonchev–Trinajstić information content (AvgIpc) is 2.83. The van der Waals surface area contributed by atoms with Crippen molar-refractivity contribution in [2.24, 2.45) is 0 Å². The van der Waals surface area contributed by atoms with Crippen molar-refractivity contribution < 1.29 is 0 Å². The highest BCUT2D eigenvalue weighted by atomic mass is 15.0. The van der Waals surface area contributed by atoms with E-state index >= 15 is 0 Å². The standard InChI is InChI=1S/C16H17N3/c1-12-5-6-15-14(10-12)13(11-19-15)7-9-18-16-4-2-3-8-17-16/h2-6,8,10-11,19H,7,9H2,1H3,(H,17,18). The normalized spacial score (nSPS) is 10.8. The lowest BCUT2D eigenvalue weighted by Gasteiger charge is -2.04. The first-order valence-corrected chi connectivity index (χ1v) is 6.54. The third-order valence-corrected chi connectivity index (χ3v) is 3.29. The van der Waals surface area contributed by atoms with E-state index in [1.807, 2.05) is 18.2 Å². The fraction of sp³-hybridized carbons (Fsp3) is 0.188. The molecule has 3 aromatic rings. The first kappa shape index (κ1) is 11.8. The summed E-state index contributed by atoms with van der Waals surface area (Å²) < 4.78 is 0. The zero-order valence-corrected chi connectivity index (χ0v) is 11.0. The zero-order valence-electron chi connectivity index (χ0n) is 11.0. The topological polar surface area (TPSA) is 40.7 Å². The highest BCUT2D eigenvalue weighted by Crippen LogP contribution is 2.20. The molecule has 3 rings (SSSR count). The second-order valence-corrected chi connectivity index (χ2v) is 4.75. The number of anilines is 1. The molecule has 0 unspecified atom stereocenters. The molecule has 2 N–H and O–H groups in total. The Balaban J connectivity index is 1.70. The monoisotopic (exact) mass is 251 g/mol. The lowest BCUT2D eigenvalue weighted by Crippen LogP contribution is -2.05. The molecule has 0 bridgehead atoms. The summed E-state index contributed by atoms with van der Waals surface area (Å²) in [5.74, 6) is 0.929. The number of aromatic nitrogens is 2. The molecule has 0 aliphatic heterocycles. The van der Waals surface area contributed by atoms with Crippen LogP contribution in [0.2, 0.25) is 0 Å². The molecule has 0 fully saturated rings. The van der Waals surface area contributed by atoms with E-state index in [-0.39, 0.29) is 0 Å². The van der Waals surface area contributed by atoms with Gasteiger partial charge >= 0.3 is 0 Å². The first-order chi connectivity index (χ1) is 9.33.